The third-order valence-corrected chi connectivity index (χ3v) is 13.2. The summed E-state index contributed by atoms with van der Waals surface area (Å²) in [5.41, 5.74) is 13.4. The van der Waals surface area contributed by atoms with Gasteiger partial charge in [-0.15, -0.1) is 0 Å². The SMILES string of the molecule is [2H]c1c([2H])c([2H])c(-c2c3ccccc3c(-c3ccc(-c4ccc5oc6c7c(ccc6c5c4)C(c4ccccc4)(c4ccccc4)c4ccc5ccccc5c4-7)cc3)c3ccccc23)c([2H])c1[2H]. The van der Waals surface area contributed by atoms with Crippen molar-refractivity contribution < 1.29 is 11.3 Å². The Labute approximate surface area is 366 Å². The van der Waals surface area contributed by atoms with E-state index in [2.05, 4.69) is 164 Å². The highest BCUT2D eigenvalue weighted by atomic mass is 16.3. The van der Waals surface area contributed by atoms with Crippen LogP contribution >= 0.6 is 0 Å². The van der Waals surface area contributed by atoms with Crippen molar-refractivity contribution in [2.75, 3.05) is 0 Å². The van der Waals surface area contributed by atoms with E-state index in [0.29, 0.717) is 5.56 Å². The summed E-state index contributed by atoms with van der Waals surface area (Å²) in [7, 11) is 0. The zero-order valence-electron chi connectivity index (χ0n) is 38.5. The van der Waals surface area contributed by atoms with Crippen molar-refractivity contribution in [2.24, 2.45) is 0 Å². The van der Waals surface area contributed by atoms with Crippen LogP contribution in [0.3, 0.4) is 0 Å². The monoisotopic (exact) mass is 791 g/mol. The lowest BCUT2D eigenvalue weighted by molar-refractivity contribution is 0.669. The third-order valence-electron chi connectivity index (χ3n) is 13.2. The zero-order chi connectivity index (χ0) is 45.1. The fourth-order valence-electron chi connectivity index (χ4n) is 10.7. The Morgan fingerprint density at radius 1 is 0.339 bits per heavy atom. The molecule has 0 N–H and O–H groups in total. The second kappa shape index (κ2) is 13.5. The van der Waals surface area contributed by atoms with Gasteiger partial charge >= 0.3 is 0 Å². The minimum atomic E-state index is -0.561. The molecule has 288 valence electrons. The largest absolute Gasteiger partial charge is 0.455 e. The highest BCUT2D eigenvalue weighted by Crippen LogP contribution is 2.60. The van der Waals surface area contributed by atoms with Gasteiger partial charge in [-0.2, -0.15) is 0 Å². The molecule has 11 aromatic carbocycles. The molecule has 0 spiro atoms. The highest BCUT2D eigenvalue weighted by molar-refractivity contribution is 6.22. The molecular formula is C61H38O. The van der Waals surface area contributed by atoms with Crippen molar-refractivity contribution in [3.05, 3.63) is 253 Å². The maximum absolute atomic E-state index is 8.92. The number of fused-ring (bicyclic) bond motifs is 11. The predicted molar refractivity (Wildman–Crippen MR) is 260 cm³/mol. The quantitative estimate of drug-likeness (QED) is 0.158. The van der Waals surface area contributed by atoms with Crippen LogP contribution in [0.4, 0.5) is 0 Å². The topological polar surface area (TPSA) is 13.1 Å². The number of hydrogen-bond acceptors (Lipinski definition) is 1. The molecule has 1 aliphatic rings. The van der Waals surface area contributed by atoms with E-state index in [4.69, 9.17) is 11.3 Å². The summed E-state index contributed by atoms with van der Waals surface area (Å²) in [6.45, 7) is 0. The average Bonchev–Trinajstić information content (AvgIpc) is 3.92. The summed E-state index contributed by atoms with van der Waals surface area (Å²) in [6, 6.07) is 69.2. The van der Waals surface area contributed by atoms with Gasteiger partial charge in [0.1, 0.15) is 11.2 Å². The number of hydrogen-bond donors (Lipinski definition) is 0. The first kappa shape index (κ1) is 30.1. The fourth-order valence-corrected chi connectivity index (χ4v) is 10.7. The van der Waals surface area contributed by atoms with Crippen molar-refractivity contribution in [1.29, 1.82) is 0 Å². The molecule has 0 atom stereocenters. The van der Waals surface area contributed by atoms with Gasteiger partial charge in [0.25, 0.3) is 0 Å². The molecule has 1 aromatic heterocycles. The minimum absolute atomic E-state index is 0.205. The molecule has 0 saturated carbocycles. The lowest BCUT2D eigenvalue weighted by Crippen LogP contribution is -2.28. The maximum Gasteiger partial charge on any atom is 0.143 e. The van der Waals surface area contributed by atoms with E-state index in [9.17, 15) is 0 Å². The van der Waals surface area contributed by atoms with Gasteiger partial charge in [0.2, 0.25) is 0 Å². The van der Waals surface area contributed by atoms with E-state index in [1.807, 2.05) is 36.4 Å². The molecule has 1 heterocycles. The molecule has 1 aliphatic carbocycles. The lowest BCUT2D eigenvalue weighted by atomic mass is 9.67. The third kappa shape index (κ3) is 4.91. The summed E-state index contributed by atoms with van der Waals surface area (Å²) in [6.07, 6.45) is 0. The first-order valence-corrected chi connectivity index (χ1v) is 21.1. The van der Waals surface area contributed by atoms with Crippen LogP contribution in [0.2, 0.25) is 0 Å². The summed E-state index contributed by atoms with van der Waals surface area (Å²) < 4.78 is 50.1. The normalized spacial score (nSPS) is 14.1. The van der Waals surface area contributed by atoms with Crippen LogP contribution in [0.15, 0.2) is 235 Å². The van der Waals surface area contributed by atoms with Gasteiger partial charge in [-0.05, 0) is 106 Å². The van der Waals surface area contributed by atoms with Crippen molar-refractivity contribution in [3.8, 4) is 44.5 Å². The minimum Gasteiger partial charge on any atom is -0.455 e. The maximum atomic E-state index is 8.92. The Hall–Kier alpha value is -8.00. The van der Waals surface area contributed by atoms with Gasteiger partial charge in [0, 0.05) is 16.3 Å². The molecule has 62 heavy (non-hydrogen) atoms. The van der Waals surface area contributed by atoms with Crippen LogP contribution in [-0.4, -0.2) is 0 Å². The Bertz CT molecular complexity index is 3900. The first-order chi connectivity index (χ1) is 32.8. The molecule has 1 heteroatoms. The second-order valence-electron chi connectivity index (χ2n) is 16.3. The summed E-state index contributed by atoms with van der Waals surface area (Å²) in [5.74, 6) is 0. The Morgan fingerprint density at radius 3 is 1.50 bits per heavy atom. The Morgan fingerprint density at radius 2 is 0.855 bits per heavy atom. The zero-order valence-corrected chi connectivity index (χ0v) is 33.5. The van der Waals surface area contributed by atoms with E-state index >= 15 is 0 Å². The number of benzene rings is 11. The molecule has 0 amide bonds. The number of furan rings is 1. The van der Waals surface area contributed by atoms with Crippen LogP contribution in [-0.2, 0) is 5.41 Å². The van der Waals surface area contributed by atoms with Crippen molar-refractivity contribution in [1.82, 2.24) is 0 Å². The molecule has 0 unspecified atom stereocenters. The van der Waals surface area contributed by atoms with E-state index in [0.717, 1.165) is 71.3 Å². The van der Waals surface area contributed by atoms with Crippen molar-refractivity contribution in [3.63, 3.8) is 0 Å². The molecule has 12 aromatic rings. The van der Waals surface area contributed by atoms with Gasteiger partial charge in [-0.25, -0.2) is 0 Å². The van der Waals surface area contributed by atoms with Gasteiger partial charge in [-0.3, -0.25) is 0 Å². The van der Waals surface area contributed by atoms with Gasteiger partial charge < -0.3 is 4.42 Å². The molecule has 0 saturated heterocycles. The highest BCUT2D eigenvalue weighted by Gasteiger charge is 2.48. The van der Waals surface area contributed by atoms with Crippen LogP contribution in [0.25, 0.3) is 98.8 Å². The van der Waals surface area contributed by atoms with Crippen LogP contribution in [0.1, 0.15) is 29.1 Å². The smallest absolute Gasteiger partial charge is 0.143 e. The van der Waals surface area contributed by atoms with Crippen molar-refractivity contribution in [2.45, 2.75) is 5.41 Å². The van der Waals surface area contributed by atoms with Crippen LogP contribution < -0.4 is 0 Å². The van der Waals surface area contributed by atoms with E-state index in [-0.39, 0.29) is 29.7 Å². The van der Waals surface area contributed by atoms with E-state index in [1.165, 1.54) is 38.6 Å². The Balaban J connectivity index is 0.980. The van der Waals surface area contributed by atoms with E-state index in [1.54, 1.807) is 0 Å². The van der Waals surface area contributed by atoms with Gasteiger partial charge in [0.05, 0.1) is 12.3 Å². The standard InChI is InChI=1S/C61H38O/c1-4-17-41(18-5-1)56-47-24-12-14-26-49(47)57(50-27-15-13-25-48(50)56)42-30-28-39(29-31-42)43-33-37-55-52(38-43)51-34-36-54-59(60(51)62-55)58-46-23-11-10-16-40(46)32-35-53(58)61(54,44-19-6-2-7-20-44)45-21-8-3-9-22-45/h1-38H/i1D,4D,5D,17D,18D. The van der Waals surface area contributed by atoms with Crippen molar-refractivity contribution >= 4 is 54.3 Å². The molecule has 13 rings (SSSR count). The Kier molecular flexibility index (Phi) is 6.56. The van der Waals surface area contributed by atoms with Gasteiger partial charge in [0.15, 0.2) is 0 Å². The lowest BCUT2D eigenvalue weighted by Gasteiger charge is -2.33. The first-order valence-electron chi connectivity index (χ1n) is 23.6. The van der Waals surface area contributed by atoms with Gasteiger partial charge in [-0.1, -0.05) is 218 Å². The number of rotatable bonds is 5. The molecule has 0 bridgehead atoms. The average molecular weight is 792 g/mol. The second-order valence-corrected chi connectivity index (χ2v) is 16.3. The summed E-state index contributed by atoms with van der Waals surface area (Å²) in [5, 5.41) is 8.03. The summed E-state index contributed by atoms with van der Waals surface area (Å²) >= 11 is 0. The fraction of sp³-hybridized carbons (Fsp3) is 0.0164. The van der Waals surface area contributed by atoms with Crippen LogP contribution in [0, 0.1) is 0 Å². The molecular weight excluding hydrogens is 749 g/mol. The summed E-state index contributed by atoms with van der Waals surface area (Å²) in [4.78, 5) is 0. The molecule has 1 nitrogen and oxygen atoms in total. The molecule has 0 fully saturated rings. The van der Waals surface area contributed by atoms with Crippen LogP contribution in [0.5, 0.6) is 0 Å². The molecule has 0 aliphatic heterocycles. The molecule has 0 radical (unpaired) electrons. The van der Waals surface area contributed by atoms with E-state index < -0.39 is 11.5 Å². The predicted octanol–water partition coefficient (Wildman–Crippen LogP) is 16.4.